The van der Waals surface area contributed by atoms with E-state index in [1.165, 1.54) is 0 Å². The molecule has 1 saturated heterocycles. The van der Waals surface area contributed by atoms with Crippen molar-refractivity contribution in [3.05, 3.63) is 35.5 Å². The van der Waals surface area contributed by atoms with Gasteiger partial charge in [0, 0.05) is 12.2 Å². The quantitative estimate of drug-likeness (QED) is 0.836. The first-order chi connectivity index (χ1) is 10.7. The van der Waals surface area contributed by atoms with E-state index in [1.807, 2.05) is 24.3 Å². The van der Waals surface area contributed by atoms with E-state index in [0.717, 1.165) is 30.6 Å². The van der Waals surface area contributed by atoms with Crippen molar-refractivity contribution in [3.63, 3.8) is 0 Å². The number of carbonyl (C=O) groups excluding carboxylic acids is 1. The van der Waals surface area contributed by atoms with Gasteiger partial charge < -0.3 is 15.2 Å². The predicted octanol–water partition coefficient (Wildman–Crippen LogP) is 1.27. The second-order valence-electron chi connectivity index (χ2n) is 5.23. The van der Waals surface area contributed by atoms with E-state index < -0.39 is 5.91 Å². The zero-order valence-electron chi connectivity index (χ0n) is 12.1. The van der Waals surface area contributed by atoms with Gasteiger partial charge in [0.1, 0.15) is 5.69 Å². The fourth-order valence-electron chi connectivity index (χ4n) is 2.45. The SMILES string of the molecule is NC(=O)c1n[nH]nc1-c1ccc(COCC2CCCO2)cc1. The third-order valence-electron chi connectivity index (χ3n) is 3.61. The fourth-order valence-corrected chi connectivity index (χ4v) is 2.45. The van der Waals surface area contributed by atoms with Crippen LogP contribution in [0.4, 0.5) is 0 Å². The maximum Gasteiger partial charge on any atom is 0.271 e. The second kappa shape index (κ2) is 6.67. The first-order valence-electron chi connectivity index (χ1n) is 7.23. The summed E-state index contributed by atoms with van der Waals surface area (Å²) in [7, 11) is 0. The average molecular weight is 302 g/mol. The lowest BCUT2D eigenvalue weighted by Crippen LogP contribution is -2.13. The van der Waals surface area contributed by atoms with Gasteiger partial charge in [-0.2, -0.15) is 15.4 Å². The molecule has 1 aliphatic rings. The molecule has 0 radical (unpaired) electrons. The number of H-pyrrole nitrogens is 1. The Morgan fingerprint density at radius 2 is 2.18 bits per heavy atom. The van der Waals surface area contributed by atoms with E-state index in [4.69, 9.17) is 15.2 Å². The summed E-state index contributed by atoms with van der Waals surface area (Å²) >= 11 is 0. The summed E-state index contributed by atoms with van der Waals surface area (Å²) in [4.78, 5) is 11.3. The molecule has 3 N–H and O–H groups in total. The van der Waals surface area contributed by atoms with Gasteiger partial charge >= 0.3 is 0 Å². The molecule has 1 atom stereocenters. The van der Waals surface area contributed by atoms with Crippen molar-refractivity contribution >= 4 is 5.91 Å². The molecule has 0 saturated carbocycles. The van der Waals surface area contributed by atoms with Crippen molar-refractivity contribution in [2.24, 2.45) is 5.73 Å². The average Bonchev–Trinajstić information content (AvgIpc) is 3.19. The molecule has 0 spiro atoms. The van der Waals surface area contributed by atoms with Gasteiger partial charge in [-0.25, -0.2) is 0 Å². The van der Waals surface area contributed by atoms with Gasteiger partial charge in [0.25, 0.3) is 5.91 Å². The third-order valence-corrected chi connectivity index (χ3v) is 3.61. The standard InChI is InChI=1S/C15H18N4O3/c16-15(20)14-13(17-19-18-14)11-5-3-10(4-6-11)8-21-9-12-2-1-7-22-12/h3-6,12H,1-2,7-9H2,(H2,16,20)(H,17,18,19). The first-order valence-corrected chi connectivity index (χ1v) is 7.23. The maximum absolute atomic E-state index is 11.3. The Bertz CT molecular complexity index is 632. The van der Waals surface area contributed by atoms with Gasteiger partial charge in [-0.3, -0.25) is 4.79 Å². The second-order valence-corrected chi connectivity index (χ2v) is 5.23. The molecule has 7 nitrogen and oxygen atoms in total. The number of amides is 1. The van der Waals surface area contributed by atoms with Crippen LogP contribution in [0.5, 0.6) is 0 Å². The van der Waals surface area contributed by atoms with Crippen LogP contribution in [0.25, 0.3) is 11.3 Å². The number of hydrogen-bond acceptors (Lipinski definition) is 5. The Kier molecular flexibility index (Phi) is 4.45. The predicted molar refractivity (Wildman–Crippen MR) is 79.0 cm³/mol. The summed E-state index contributed by atoms with van der Waals surface area (Å²) in [6.07, 6.45) is 2.41. The van der Waals surface area contributed by atoms with Crippen molar-refractivity contribution in [1.29, 1.82) is 0 Å². The Morgan fingerprint density at radius 3 is 2.86 bits per heavy atom. The number of aromatic amines is 1. The van der Waals surface area contributed by atoms with E-state index in [0.29, 0.717) is 18.9 Å². The number of nitrogens with one attached hydrogen (secondary N) is 1. The first kappa shape index (κ1) is 14.7. The van der Waals surface area contributed by atoms with Crippen LogP contribution in [0.15, 0.2) is 24.3 Å². The lowest BCUT2D eigenvalue weighted by molar-refractivity contribution is 0.0106. The van der Waals surface area contributed by atoms with Crippen molar-refractivity contribution in [2.45, 2.75) is 25.6 Å². The Labute approximate surface area is 127 Å². The highest BCUT2D eigenvalue weighted by molar-refractivity contribution is 5.96. The monoisotopic (exact) mass is 302 g/mol. The fraction of sp³-hybridized carbons (Fsp3) is 0.400. The molecule has 1 aliphatic heterocycles. The number of hydrogen-bond donors (Lipinski definition) is 2. The highest BCUT2D eigenvalue weighted by atomic mass is 16.5. The van der Waals surface area contributed by atoms with Crippen molar-refractivity contribution < 1.29 is 14.3 Å². The zero-order valence-corrected chi connectivity index (χ0v) is 12.1. The van der Waals surface area contributed by atoms with E-state index in [-0.39, 0.29) is 11.8 Å². The smallest absolute Gasteiger partial charge is 0.271 e. The van der Waals surface area contributed by atoms with Crippen LogP contribution in [0, 0.1) is 0 Å². The minimum Gasteiger partial charge on any atom is -0.376 e. The van der Waals surface area contributed by atoms with Crippen LogP contribution in [0.2, 0.25) is 0 Å². The summed E-state index contributed by atoms with van der Waals surface area (Å²) in [5.41, 5.74) is 7.69. The molecule has 1 amide bonds. The van der Waals surface area contributed by atoms with Crippen LogP contribution >= 0.6 is 0 Å². The lowest BCUT2D eigenvalue weighted by Gasteiger charge is -2.10. The molecule has 3 rings (SSSR count). The molecular weight excluding hydrogens is 284 g/mol. The highest BCUT2D eigenvalue weighted by Crippen LogP contribution is 2.20. The zero-order chi connectivity index (χ0) is 15.4. The number of nitrogens with zero attached hydrogens (tertiary/aromatic N) is 2. The molecule has 1 aromatic heterocycles. The number of rotatable bonds is 6. The number of ether oxygens (including phenoxy) is 2. The molecule has 1 fully saturated rings. The Balaban J connectivity index is 1.60. The van der Waals surface area contributed by atoms with E-state index in [9.17, 15) is 4.79 Å². The minimum absolute atomic E-state index is 0.141. The topological polar surface area (TPSA) is 103 Å². The lowest BCUT2D eigenvalue weighted by atomic mass is 10.1. The number of primary amides is 1. The van der Waals surface area contributed by atoms with Crippen molar-refractivity contribution in [3.8, 4) is 11.3 Å². The Hall–Kier alpha value is -2.25. The number of carbonyl (C=O) groups is 1. The van der Waals surface area contributed by atoms with Crippen molar-refractivity contribution in [2.75, 3.05) is 13.2 Å². The van der Waals surface area contributed by atoms with Crippen LogP contribution < -0.4 is 5.73 Å². The van der Waals surface area contributed by atoms with Gasteiger partial charge in [-0.15, -0.1) is 0 Å². The highest BCUT2D eigenvalue weighted by Gasteiger charge is 2.16. The van der Waals surface area contributed by atoms with Crippen molar-refractivity contribution in [1.82, 2.24) is 15.4 Å². The Morgan fingerprint density at radius 1 is 1.36 bits per heavy atom. The number of aromatic nitrogens is 3. The molecular formula is C15H18N4O3. The molecule has 0 aliphatic carbocycles. The molecule has 2 aromatic rings. The third kappa shape index (κ3) is 3.32. The van der Waals surface area contributed by atoms with Crippen LogP contribution in [-0.4, -0.2) is 40.6 Å². The van der Waals surface area contributed by atoms with E-state index in [2.05, 4.69) is 15.4 Å². The minimum atomic E-state index is -0.604. The molecule has 2 heterocycles. The van der Waals surface area contributed by atoms with E-state index >= 15 is 0 Å². The summed E-state index contributed by atoms with van der Waals surface area (Å²) < 4.78 is 11.2. The van der Waals surface area contributed by atoms with Crippen LogP contribution in [0.3, 0.4) is 0 Å². The normalized spacial score (nSPS) is 17.7. The maximum atomic E-state index is 11.3. The van der Waals surface area contributed by atoms with E-state index in [1.54, 1.807) is 0 Å². The van der Waals surface area contributed by atoms with Gasteiger partial charge in [-0.05, 0) is 18.4 Å². The summed E-state index contributed by atoms with van der Waals surface area (Å²) in [6, 6.07) is 7.61. The van der Waals surface area contributed by atoms with Gasteiger partial charge in [-0.1, -0.05) is 24.3 Å². The van der Waals surface area contributed by atoms with Gasteiger partial charge in [0.15, 0.2) is 5.69 Å². The van der Waals surface area contributed by atoms with Gasteiger partial charge in [0.2, 0.25) is 0 Å². The summed E-state index contributed by atoms with van der Waals surface area (Å²) in [5.74, 6) is -0.604. The number of benzene rings is 1. The number of nitrogens with two attached hydrogens (primary N) is 1. The summed E-state index contributed by atoms with van der Waals surface area (Å²) in [5, 5.41) is 10.1. The largest absolute Gasteiger partial charge is 0.376 e. The van der Waals surface area contributed by atoms with Crippen LogP contribution in [0.1, 0.15) is 28.9 Å². The van der Waals surface area contributed by atoms with Gasteiger partial charge in [0.05, 0.1) is 19.3 Å². The molecule has 22 heavy (non-hydrogen) atoms. The van der Waals surface area contributed by atoms with Crippen LogP contribution in [-0.2, 0) is 16.1 Å². The molecule has 0 bridgehead atoms. The molecule has 116 valence electrons. The summed E-state index contributed by atoms with van der Waals surface area (Å²) in [6.45, 7) is 1.99. The molecule has 7 heteroatoms. The molecule has 1 unspecified atom stereocenters. The molecule has 1 aromatic carbocycles.